The lowest BCUT2D eigenvalue weighted by Gasteiger charge is -2.37. The van der Waals surface area contributed by atoms with Gasteiger partial charge in [-0.3, -0.25) is 4.90 Å². The molecule has 23 heavy (non-hydrogen) atoms. The number of halogens is 1. The lowest BCUT2D eigenvalue weighted by atomic mass is 9.93. The first kappa shape index (κ1) is 16.9. The molecule has 0 N–H and O–H groups in total. The minimum absolute atomic E-state index is 0.364. The quantitative estimate of drug-likeness (QED) is 0.844. The highest BCUT2D eigenvalue weighted by Crippen LogP contribution is 2.24. The number of nitrogens with zero attached hydrogens (tertiary/aromatic N) is 4. The minimum atomic E-state index is 0.364. The summed E-state index contributed by atoms with van der Waals surface area (Å²) in [4.78, 5) is 13.5. The highest BCUT2D eigenvalue weighted by molar-refractivity contribution is 6.30. The summed E-state index contributed by atoms with van der Waals surface area (Å²) < 4.78 is 5.81. The third kappa shape index (κ3) is 4.78. The molecule has 0 aliphatic carbocycles. The normalized spacial score (nSPS) is 27.3. The van der Waals surface area contributed by atoms with Gasteiger partial charge in [0, 0.05) is 26.2 Å². The second-order valence-corrected chi connectivity index (χ2v) is 7.37. The second-order valence-electron chi connectivity index (χ2n) is 6.94. The van der Waals surface area contributed by atoms with E-state index in [4.69, 9.17) is 16.3 Å². The molecule has 0 bridgehead atoms. The van der Waals surface area contributed by atoms with E-state index in [0.29, 0.717) is 17.2 Å². The molecule has 6 heteroatoms. The van der Waals surface area contributed by atoms with E-state index in [9.17, 15) is 0 Å². The summed E-state index contributed by atoms with van der Waals surface area (Å²) >= 11 is 5.85. The molecule has 0 spiro atoms. The summed E-state index contributed by atoms with van der Waals surface area (Å²) in [6.07, 6.45) is 7.82. The Hall–Kier alpha value is -0.910. The number of aromatic nitrogens is 2. The highest BCUT2D eigenvalue weighted by Gasteiger charge is 2.25. The Kier molecular flexibility index (Phi) is 5.72. The summed E-state index contributed by atoms with van der Waals surface area (Å²) in [5, 5.41) is 0.595. The first-order valence-corrected chi connectivity index (χ1v) is 9.08. The second kappa shape index (κ2) is 7.77. The van der Waals surface area contributed by atoms with Gasteiger partial charge >= 0.3 is 0 Å². The van der Waals surface area contributed by atoms with E-state index in [1.165, 1.54) is 25.8 Å². The molecule has 5 nitrogen and oxygen atoms in total. The number of rotatable bonds is 4. The molecular formula is C17H27ClN4O. The van der Waals surface area contributed by atoms with Crippen LogP contribution in [0.1, 0.15) is 33.1 Å². The van der Waals surface area contributed by atoms with Crippen LogP contribution in [0.15, 0.2) is 12.4 Å². The van der Waals surface area contributed by atoms with Crippen molar-refractivity contribution in [2.75, 3.05) is 37.6 Å². The van der Waals surface area contributed by atoms with E-state index in [2.05, 4.69) is 33.6 Å². The number of morpholine rings is 1. The van der Waals surface area contributed by atoms with Gasteiger partial charge in [0.2, 0.25) is 5.95 Å². The summed E-state index contributed by atoms with van der Waals surface area (Å²) in [5.74, 6) is 1.62. The van der Waals surface area contributed by atoms with Gasteiger partial charge < -0.3 is 9.64 Å². The Morgan fingerprint density at radius 2 is 1.74 bits per heavy atom. The van der Waals surface area contributed by atoms with Crippen molar-refractivity contribution in [1.29, 1.82) is 0 Å². The Morgan fingerprint density at radius 1 is 1.13 bits per heavy atom. The maximum absolute atomic E-state index is 5.85. The topological polar surface area (TPSA) is 41.5 Å². The van der Waals surface area contributed by atoms with Gasteiger partial charge in [-0.05, 0) is 45.6 Å². The van der Waals surface area contributed by atoms with E-state index in [1.54, 1.807) is 12.4 Å². The van der Waals surface area contributed by atoms with Crippen molar-refractivity contribution < 1.29 is 4.74 Å². The first-order valence-electron chi connectivity index (χ1n) is 8.70. The monoisotopic (exact) mass is 338 g/mol. The van der Waals surface area contributed by atoms with Gasteiger partial charge in [0.15, 0.2) is 0 Å². The zero-order valence-electron chi connectivity index (χ0n) is 14.1. The average molecular weight is 339 g/mol. The molecule has 3 heterocycles. The fraction of sp³-hybridized carbons (Fsp3) is 0.765. The molecule has 2 fully saturated rings. The molecule has 2 saturated heterocycles. The Morgan fingerprint density at radius 3 is 2.35 bits per heavy atom. The fourth-order valence-electron chi connectivity index (χ4n) is 3.72. The van der Waals surface area contributed by atoms with Crippen molar-refractivity contribution >= 4 is 17.5 Å². The van der Waals surface area contributed by atoms with Gasteiger partial charge in [-0.1, -0.05) is 11.6 Å². The standard InChI is InChI=1S/C17H27ClN4O/c1-13-11-21(12-14(2)23-13)6-3-15-4-7-22(8-5-15)17-19-9-16(18)10-20-17/h9-10,13-15H,3-8,11-12H2,1-2H3. The van der Waals surface area contributed by atoms with Gasteiger partial charge in [0.05, 0.1) is 29.6 Å². The third-order valence-corrected chi connectivity index (χ3v) is 5.05. The van der Waals surface area contributed by atoms with Crippen LogP contribution in [0.25, 0.3) is 0 Å². The molecule has 2 atom stereocenters. The van der Waals surface area contributed by atoms with Crippen molar-refractivity contribution in [1.82, 2.24) is 14.9 Å². The molecular weight excluding hydrogens is 312 g/mol. The van der Waals surface area contributed by atoms with Crippen molar-refractivity contribution in [2.45, 2.75) is 45.3 Å². The maximum atomic E-state index is 5.85. The lowest BCUT2D eigenvalue weighted by molar-refractivity contribution is -0.0690. The average Bonchev–Trinajstić information content (AvgIpc) is 2.53. The zero-order valence-corrected chi connectivity index (χ0v) is 14.9. The van der Waals surface area contributed by atoms with Crippen molar-refractivity contribution in [3.8, 4) is 0 Å². The van der Waals surface area contributed by atoms with Crippen LogP contribution in [0, 0.1) is 5.92 Å². The van der Waals surface area contributed by atoms with Crippen LogP contribution in [-0.4, -0.2) is 59.8 Å². The van der Waals surface area contributed by atoms with Crippen LogP contribution in [-0.2, 0) is 4.74 Å². The fourth-order valence-corrected chi connectivity index (χ4v) is 3.82. The van der Waals surface area contributed by atoms with Gasteiger partial charge in [-0.2, -0.15) is 0 Å². The van der Waals surface area contributed by atoms with E-state index >= 15 is 0 Å². The molecule has 2 aliphatic heterocycles. The van der Waals surface area contributed by atoms with Crippen LogP contribution in [0.4, 0.5) is 5.95 Å². The number of hydrogen-bond donors (Lipinski definition) is 0. The minimum Gasteiger partial charge on any atom is -0.373 e. The van der Waals surface area contributed by atoms with Crippen LogP contribution in [0.2, 0.25) is 5.02 Å². The molecule has 2 unspecified atom stereocenters. The van der Waals surface area contributed by atoms with Crippen LogP contribution < -0.4 is 4.90 Å². The summed E-state index contributed by atoms with van der Waals surface area (Å²) in [5.41, 5.74) is 0. The molecule has 0 radical (unpaired) electrons. The molecule has 2 aliphatic rings. The molecule has 1 aromatic heterocycles. The van der Waals surface area contributed by atoms with Crippen molar-refractivity contribution in [3.05, 3.63) is 17.4 Å². The van der Waals surface area contributed by atoms with Gasteiger partial charge in [0.1, 0.15) is 0 Å². The smallest absolute Gasteiger partial charge is 0.225 e. The number of ether oxygens (including phenoxy) is 1. The lowest BCUT2D eigenvalue weighted by Crippen LogP contribution is -2.46. The summed E-state index contributed by atoms with van der Waals surface area (Å²) in [6.45, 7) is 9.77. The predicted octanol–water partition coefficient (Wildman–Crippen LogP) is 2.85. The number of anilines is 1. The van der Waals surface area contributed by atoms with Crippen LogP contribution in [0.5, 0.6) is 0 Å². The van der Waals surface area contributed by atoms with E-state index in [1.807, 2.05) is 0 Å². The Labute approximate surface area is 144 Å². The van der Waals surface area contributed by atoms with Gasteiger partial charge in [0.25, 0.3) is 0 Å². The van der Waals surface area contributed by atoms with Crippen molar-refractivity contribution in [2.24, 2.45) is 5.92 Å². The molecule has 1 aromatic rings. The predicted molar refractivity (Wildman–Crippen MR) is 93.0 cm³/mol. The van der Waals surface area contributed by atoms with E-state index in [-0.39, 0.29) is 0 Å². The van der Waals surface area contributed by atoms with Crippen LogP contribution >= 0.6 is 11.6 Å². The highest BCUT2D eigenvalue weighted by atomic mass is 35.5. The maximum Gasteiger partial charge on any atom is 0.225 e. The molecule has 128 valence electrons. The zero-order chi connectivity index (χ0) is 16.2. The van der Waals surface area contributed by atoms with E-state index < -0.39 is 0 Å². The van der Waals surface area contributed by atoms with Gasteiger partial charge in [-0.15, -0.1) is 0 Å². The summed E-state index contributed by atoms with van der Waals surface area (Å²) in [7, 11) is 0. The number of hydrogen-bond acceptors (Lipinski definition) is 5. The largest absolute Gasteiger partial charge is 0.373 e. The Balaban J connectivity index is 1.41. The van der Waals surface area contributed by atoms with Gasteiger partial charge in [-0.25, -0.2) is 9.97 Å². The third-order valence-electron chi connectivity index (χ3n) is 4.85. The van der Waals surface area contributed by atoms with Crippen molar-refractivity contribution in [3.63, 3.8) is 0 Å². The molecule has 0 amide bonds. The SMILES string of the molecule is CC1CN(CCC2CCN(c3ncc(Cl)cn3)CC2)CC(C)O1. The molecule has 0 aromatic carbocycles. The molecule has 0 saturated carbocycles. The Bertz CT molecular complexity index is 480. The van der Waals surface area contributed by atoms with Crippen LogP contribution in [0.3, 0.4) is 0 Å². The molecule has 3 rings (SSSR count). The number of piperidine rings is 1. The summed E-state index contributed by atoms with van der Waals surface area (Å²) in [6, 6.07) is 0. The van der Waals surface area contributed by atoms with E-state index in [0.717, 1.165) is 38.0 Å². The first-order chi connectivity index (χ1) is 11.1.